The van der Waals surface area contributed by atoms with Gasteiger partial charge in [-0.25, -0.2) is 9.97 Å². The van der Waals surface area contributed by atoms with Crippen molar-refractivity contribution in [1.82, 2.24) is 15.3 Å². The van der Waals surface area contributed by atoms with Crippen LogP contribution in [0, 0.1) is 0 Å². The van der Waals surface area contributed by atoms with E-state index in [1.807, 2.05) is 19.4 Å². The van der Waals surface area contributed by atoms with Gasteiger partial charge in [0.1, 0.15) is 6.33 Å². The maximum atomic E-state index is 6.24. The van der Waals surface area contributed by atoms with Gasteiger partial charge in [0, 0.05) is 24.6 Å². The van der Waals surface area contributed by atoms with Crippen LogP contribution in [0.5, 0.6) is 0 Å². The average Bonchev–Trinajstić information content (AvgIpc) is 2.68. The summed E-state index contributed by atoms with van der Waals surface area (Å²) in [4.78, 5) is 8.31. The Bertz CT molecular complexity index is 361. The van der Waals surface area contributed by atoms with Crippen LogP contribution in [0.15, 0.2) is 18.7 Å². The Labute approximate surface area is 116 Å². The fourth-order valence-electron chi connectivity index (χ4n) is 3.32. The lowest BCUT2D eigenvalue weighted by atomic mass is 9.83. The number of hydrogen-bond acceptors (Lipinski definition) is 4. The van der Waals surface area contributed by atoms with E-state index in [0.717, 1.165) is 25.0 Å². The monoisotopic (exact) mass is 263 g/mol. The van der Waals surface area contributed by atoms with E-state index in [-0.39, 0.29) is 11.6 Å². The van der Waals surface area contributed by atoms with Crippen molar-refractivity contribution in [1.29, 1.82) is 0 Å². The quantitative estimate of drug-likeness (QED) is 0.830. The summed E-state index contributed by atoms with van der Waals surface area (Å²) in [5, 5.41) is 3.44. The van der Waals surface area contributed by atoms with Crippen LogP contribution in [0.2, 0.25) is 0 Å². The molecular formula is C15H25N3O. The van der Waals surface area contributed by atoms with Gasteiger partial charge in [0.2, 0.25) is 0 Å². The Hall–Kier alpha value is -1.00. The molecule has 1 atom stereocenters. The number of rotatable bonds is 5. The summed E-state index contributed by atoms with van der Waals surface area (Å²) < 4.78 is 6.24. The number of nitrogens with zero attached hydrogens (tertiary/aromatic N) is 2. The van der Waals surface area contributed by atoms with Crippen LogP contribution in [0.25, 0.3) is 0 Å². The summed E-state index contributed by atoms with van der Waals surface area (Å²) in [6.07, 6.45) is 12.7. The molecule has 0 bridgehead atoms. The van der Waals surface area contributed by atoms with Gasteiger partial charge < -0.3 is 10.1 Å². The molecule has 4 nitrogen and oxygen atoms in total. The zero-order valence-corrected chi connectivity index (χ0v) is 12.1. The van der Waals surface area contributed by atoms with Crippen molar-refractivity contribution >= 4 is 0 Å². The third kappa shape index (κ3) is 3.31. The lowest BCUT2D eigenvalue weighted by Gasteiger charge is -2.40. The maximum Gasteiger partial charge on any atom is 0.115 e. The Morgan fingerprint density at radius 1 is 1.21 bits per heavy atom. The molecule has 1 aliphatic rings. The molecule has 19 heavy (non-hydrogen) atoms. The Balaban J connectivity index is 2.29. The lowest BCUT2D eigenvalue weighted by molar-refractivity contribution is -0.0768. The number of ether oxygens (including phenoxy) is 1. The second kappa shape index (κ2) is 6.96. The molecule has 0 radical (unpaired) electrons. The Morgan fingerprint density at radius 2 is 1.84 bits per heavy atom. The molecule has 0 spiro atoms. The standard InChI is InChI=1S/C15H25N3O/c1-3-19-15(8-6-4-5-7-9-15)14(16-2)13-10-17-12-18-11-13/h10-12,14,16H,3-9H2,1-2H3. The van der Waals surface area contributed by atoms with E-state index >= 15 is 0 Å². The van der Waals surface area contributed by atoms with Crippen molar-refractivity contribution in [2.24, 2.45) is 0 Å². The van der Waals surface area contributed by atoms with E-state index in [0.29, 0.717) is 0 Å². The van der Waals surface area contributed by atoms with Crippen molar-refractivity contribution in [3.05, 3.63) is 24.3 Å². The van der Waals surface area contributed by atoms with Crippen LogP contribution in [-0.2, 0) is 4.74 Å². The molecule has 1 unspecified atom stereocenters. The minimum Gasteiger partial charge on any atom is -0.373 e. The van der Waals surface area contributed by atoms with Crippen LogP contribution < -0.4 is 5.32 Å². The molecule has 106 valence electrons. The number of aromatic nitrogens is 2. The summed E-state index contributed by atoms with van der Waals surface area (Å²) >= 11 is 0. The molecule has 1 aliphatic carbocycles. The van der Waals surface area contributed by atoms with Crippen molar-refractivity contribution < 1.29 is 4.74 Å². The van der Waals surface area contributed by atoms with Gasteiger partial charge in [0.05, 0.1) is 11.6 Å². The average molecular weight is 263 g/mol. The van der Waals surface area contributed by atoms with Gasteiger partial charge in [-0.2, -0.15) is 0 Å². The molecular weight excluding hydrogens is 238 g/mol. The summed E-state index contributed by atoms with van der Waals surface area (Å²) in [5.41, 5.74) is 1.02. The van der Waals surface area contributed by atoms with Crippen molar-refractivity contribution in [3.63, 3.8) is 0 Å². The zero-order valence-electron chi connectivity index (χ0n) is 12.1. The highest BCUT2D eigenvalue weighted by Crippen LogP contribution is 2.40. The molecule has 1 saturated carbocycles. The first-order chi connectivity index (χ1) is 9.32. The molecule has 0 aliphatic heterocycles. The van der Waals surface area contributed by atoms with Gasteiger partial charge in [-0.15, -0.1) is 0 Å². The number of hydrogen-bond donors (Lipinski definition) is 1. The first kappa shape index (κ1) is 14.4. The fourth-order valence-corrected chi connectivity index (χ4v) is 3.32. The topological polar surface area (TPSA) is 47.0 Å². The molecule has 1 aromatic heterocycles. The summed E-state index contributed by atoms with van der Waals surface area (Å²) in [6, 6.07) is 0.173. The fraction of sp³-hybridized carbons (Fsp3) is 0.733. The molecule has 0 aromatic carbocycles. The van der Waals surface area contributed by atoms with Gasteiger partial charge >= 0.3 is 0 Å². The molecule has 0 amide bonds. The van der Waals surface area contributed by atoms with Gasteiger partial charge in [0.25, 0.3) is 0 Å². The van der Waals surface area contributed by atoms with Crippen LogP contribution >= 0.6 is 0 Å². The van der Waals surface area contributed by atoms with Crippen molar-refractivity contribution in [2.75, 3.05) is 13.7 Å². The van der Waals surface area contributed by atoms with Crippen LogP contribution in [0.4, 0.5) is 0 Å². The molecule has 1 aromatic rings. The van der Waals surface area contributed by atoms with Gasteiger partial charge in [-0.05, 0) is 26.8 Å². The van der Waals surface area contributed by atoms with E-state index in [4.69, 9.17) is 4.74 Å². The highest BCUT2D eigenvalue weighted by Gasteiger charge is 2.40. The minimum absolute atomic E-state index is 0.106. The summed E-state index contributed by atoms with van der Waals surface area (Å²) in [6.45, 7) is 2.84. The predicted octanol–water partition coefficient (Wildman–Crippen LogP) is 2.87. The smallest absolute Gasteiger partial charge is 0.115 e. The Morgan fingerprint density at radius 3 is 2.37 bits per heavy atom. The van der Waals surface area contributed by atoms with E-state index in [1.54, 1.807) is 6.33 Å². The van der Waals surface area contributed by atoms with Crippen molar-refractivity contribution in [3.8, 4) is 0 Å². The largest absolute Gasteiger partial charge is 0.373 e. The first-order valence-corrected chi connectivity index (χ1v) is 7.38. The maximum absolute atomic E-state index is 6.24. The SMILES string of the molecule is CCOC1(C(NC)c2cncnc2)CCCCCC1. The second-order valence-corrected chi connectivity index (χ2v) is 5.31. The van der Waals surface area contributed by atoms with Crippen LogP contribution in [0.3, 0.4) is 0 Å². The van der Waals surface area contributed by atoms with Gasteiger partial charge in [-0.3, -0.25) is 0 Å². The highest BCUT2D eigenvalue weighted by molar-refractivity contribution is 5.15. The zero-order chi connectivity index (χ0) is 13.6. The molecule has 1 fully saturated rings. The summed E-state index contributed by atoms with van der Waals surface area (Å²) in [5.74, 6) is 0. The van der Waals surface area contributed by atoms with Crippen LogP contribution in [0.1, 0.15) is 57.1 Å². The van der Waals surface area contributed by atoms with Gasteiger partial charge in [-0.1, -0.05) is 25.7 Å². The van der Waals surface area contributed by atoms with Crippen molar-refractivity contribution in [2.45, 2.75) is 57.1 Å². The van der Waals surface area contributed by atoms with E-state index in [1.165, 1.54) is 25.7 Å². The van der Waals surface area contributed by atoms with Crippen LogP contribution in [-0.4, -0.2) is 29.2 Å². The molecule has 1 heterocycles. The third-order valence-corrected chi connectivity index (χ3v) is 4.11. The lowest BCUT2D eigenvalue weighted by Crippen LogP contribution is -2.45. The minimum atomic E-state index is -0.106. The number of nitrogens with one attached hydrogen (secondary N) is 1. The highest BCUT2D eigenvalue weighted by atomic mass is 16.5. The van der Waals surface area contributed by atoms with E-state index < -0.39 is 0 Å². The summed E-state index contributed by atoms with van der Waals surface area (Å²) in [7, 11) is 2.00. The third-order valence-electron chi connectivity index (χ3n) is 4.11. The first-order valence-electron chi connectivity index (χ1n) is 7.38. The predicted molar refractivity (Wildman–Crippen MR) is 75.9 cm³/mol. The normalized spacial score (nSPS) is 20.7. The number of likely N-dealkylation sites (N-methyl/N-ethyl adjacent to an activating group) is 1. The van der Waals surface area contributed by atoms with Gasteiger partial charge in [0.15, 0.2) is 0 Å². The van der Waals surface area contributed by atoms with E-state index in [2.05, 4.69) is 22.2 Å². The molecule has 1 N–H and O–H groups in total. The van der Waals surface area contributed by atoms with E-state index in [9.17, 15) is 0 Å². The molecule has 2 rings (SSSR count). The Kier molecular flexibility index (Phi) is 5.28. The molecule has 4 heteroatoms. The molecule has 0 saturated heterocycles. The second-order valence-electron chi connectivity index (χ2n) is 5.31.